The van der Waals surface area contributed by atoms with Crippen LogP contribution in [-0.2, 0) is 6.54 Å². The standard InChI is InChI=1S/C12H13NOS.ClH/c1-14-11-4-2-3-9(7-13)12(11)10-5-6-15-8-10;/h2-6,8H,7,13H2,1H3;1H. The van der Waals surface area contributed by atoms with E-state index >= 15 is 0 Å². The van der Waals surface area contributed by atoms with Crippen LogP contribution in [0.25, 0.3) is 11.1 Å². The number of methoxy groups -OCH3 is 1. The van der Waals surface area contributed by atoms with Crippen LogP contribution in [0.4, 0.5) is 0 Å². The van der Waals surface area contributed by atoms with Crippen LogP contribution in [0.3, 0.4) is 0 Å². The summed E-state index contributed by atoms with van der Waals surface area (Å²) in [5, 5.41) is 4.17. The van der Waals surface area contributed by atoms with Gasteiger partial charge in [-0.15, -0.1) is 12.4 Å². The van der Waals surface area contributed by atoms with Crippen molar-refractivity contribution in [1.82, 2.24) is 0 Å². The molecule has 4 heteroatoms. The minimum atomic E-state index is 0. The molecule has 0 amide bonds. The zero-order chi connectivity index (χ0) is 10.7. The van der Waals surface area contributed by atoms with Gasteiger partial charge in [0.1, 0.15) is 5.75 Å². The lowest BCUT2D eigenvalue weighted by Crippen LogP contribution is -2.00. The molecular formula is C12H14ClNOS. The van der Waals surface area contributed by atoms with Crippen LogP contribution in [0.5, 0.6) is 5.75 Å². The fraction of sp³-hybridized carbons (Fsp3) is 0.167. The molecule has 2 rings (SSSR count). The Morgan fingerprint density at radius 2 is 2.12 bits per heavy atom. The van der Waals surface area contributed by atoms with Crippen LogP contribution >= 0.6 is 23.7 Å². The number of thiophene rings is 1. The molecule has 0 atom stereocenters. The number of hydrogen-bond acceptors (Lipinski definition) is 3. The fourth-order valence-electron chi connectivity index (χ4n) is 1.65. The van der Waals surface area contributed by atoms with Crippen molar-refractivity contribution >= 4 is 23.7 Å². The first kappa shape index (κ1) is 13.0. The average molecular weight is 256 g/mol. The summed E-state index contributed by atoms with van der Waals surface area (Å²) in [6.45, 7) is 0.530. The minimum Gasteiger partial charge on any atom is -0.496 e. The predicted octanol–water partition coefficient (Wildman–Crippen LogP) is 3.30. The number of halogens is 1. The molecule has 0 aliphatic heterocycles. The maximum atomic E-state index is 5.73. The van der Waals surface area contributed by atoms with Gasteiger partial charge in [0.2, 0.25) is 0 Å². The van der Waals surface area contributed by atoms with Gasteiger partial charge in [-0.25, -0.2) is 0 Å². The Kier molecular flexibility index (Phi) is 4.80. The molecule has 1 aromatic heterocycles. The Morgan fingerprint density at radius 1 is 1.31 bits per heavy atom. The van der Waals surface area contributed by atoms with Crippen LogP contribution < -0.4 is 10.5 Å². The van der Waals surface area contributed by atoms with Gasteiger partial charge < -0.3 is 10.5 Å². The second-order valence-corrected chi connectivity index (χ2v) is 3.99. The first-order chi connectivity index (χ1) is 7.36. The van der Waals surface area contributed by atoms with Crippen LogP contribution in [0, 0.1) is 0 Å². The molecule has 0 saturated heterocycles. The highest BCUT2D eigenvalue weighted by atomic mass is 35.5. The van der Waals surface area contributed by atoms with Crippen molar-refractivity contribution < 1.29 is 4.74 Å². The molecule has 2 N–H and O–H groups in total. The van der Waals surface area contributed by atoms with Crippen molar-refractivity contribution in [3.8, 4) is 16.9 Å². The van der Waals surface area contributed by atoms with Gasteiger partial charge in [0.05, 0.1) is 7.11 Å². The lowest BCUT2D eigenvalue weighted by atomic mass is 10.0. The minimum absolute atomic E-state index is 0. The lowest BCUT2D eigenvalue weighted by molar-refractivity contribution is 0.416. The summed E-state index contributed by atoms with van der Waals surface area (Å²) in [6.07, 6.45) is 0. The molecular weight excluding hydrogens is 242 g/mol. The molecule has 0 spiro atoms. The lowest BCUT2D eigenvalue weighted by Gasteiger charge is -2.11. The van der Waals surface area contributed by atoms with E-state index in [1.165, 1.54) is 5.56 Å². The van der Waals surface area contributed by atoms with Crippen molar-refractivity contribution in [3.05, 3.63) is 40.6 Å². The van der Waals surface area contributed by atoms with E-state index in [2.05, 4.69) is 16.8 Å². The summed E-state index contributed by atoms with van der Waals surface area (Å²) in [7, 11) is 1.69. The van der Waals surface area contributed by atoms with Gasteiger partial charge in [-0.1, -0.05) is 12.1 Å². The third-order valence-electron chi connectivity index (χ3n) is 2.36. The largest absolute Gasteiger partial charge is 0.496 e. The van der Waals surface area contributed by atoms with Crippen molar-refractivity contribution in [2.24, 2.45) is 5.73 Å². The quantitative estimate of drug-likeness (QED) is 0.913. The normalized spacial score (nSPS) is 9.62. The summed E-state index contributed by atoms with van der Waals surface area (Å²) < 4.78 is 5.36. The van der Waals surface area contributed by atoms with E-state index in [0.717, 1.165) is 16.9 Å². The number of rotatable bonds is 3. The maximum absolute atomic E-state index is 5.73. The third-order valence-corrected chi connectivity index (χ3v) is 3.05. The molecule has 16 heavy (non-hydrogen) atoms. The summed E-state index contributed by atoms with van der Waals surface area (Å²) >= 11 is 1.68. The molecule has 86 valence electrons. The van der Waals surface area contributed by atoms with E-state index in [9.17, 15) is 0 Å². The van der Waals surface area contributed by atoms with Crippen molar-refractivity contribution in [1.29, 1.82) is 0 Å². The van der Waals surface area contributed by atoms with Gasteiger partial charge in [0.15, 0.2) is 0 Å². The molecule has 0 fully saturated rings. The topological polar surface area (TPSA) is 35.2 Å². The van der Waals surface area contributed by atoms with Gasteiger partial charge >= 0.3 is 0 Å². The maximum Gasteiger partial charge on any atom is 0.127 e. The Bertz CT molecular complexity index is 420. The molecule has 0 bridgehead atoms. The van der Waals surface area contributed by atoms with Crippen molar-refractivity contribution in [2.45, 2.75) is 6.54 Å². The van der Waals surface area contributed by atoms with Crippen LogP contribution in [0.1, 0.15) is 5.56 Å². The SMILES string of the molecule is COc1cccc(CN)c1-c1ccsc1.Cl. The smallest absolute Gasteiger partial charge is 0.127 e. The molecule has 0 radical (unpaired) electrons. The van der Waals surface area contributed by atoms with Crippen LogP contribution in [-0.4, -0.2) is 7.11 Å². The van der Waals surface area contributed by atoms with Crippen LogP contribution in [0.2, 0.25) is 0 Å². The van der Waals surface area contributed by atoms with Crippen molar-refractivity contribution in [2.75, 3.05) is 7.11 Å². The number of hydrogen-bond donors (Lipinski definition) is 1. The van der Waals surface area contributed by atoms with E-state index in [-0.39, 0.29) is 12.4 Å². The van der Waals surface area contributed by atoms with Gasteiger partial charge in [0.25, 0.3) is 0 Å². The van der Waals surface area contributed by atoms with Crippen LogP contribution in [0.15, 0.2) is 35.0 Å². The van der Waals surface area contributed by atoms with E-state index in [4.69, 9.17) is 10.5 Å². The van der Waals surface area contributed by atoms with E-state index in [0.29, 0.717) is 6.54 Å². The Labute approximate surface area is 105 Å². The van der Waals surface area contributed by atoms with Gasteiger partial charge in [0, 0.05) is 12.1 Å². The van der Waals surface area contributed by atoms with E-state index < -0.39 is 0 Å². The molecule has 2 nitrogen and oxygen atoms in total. The van der Waals surface area contributed by atoms with Gasteiger partial charge in [-0.05, 0) is 34.0 Å². The summed E-state index contributed by atoms with van der Waals surface area (Å²) in [6, 6.07) is 8.06. The Morgan fingerprint density at radius 3 is 2.69 bits per heavy atom. The molecule has 1 heterocycles. The molecule has 0 aliphatic rings. The molecule has 2 aromatic rings. The number of benzene rings is 1. The number of ether oxygens (including phenoxy) is 1. The molecule has 0 saturated carbocycles. The number of nitrogens with two attached hydrogens (primary N) is 1. The first-order valence-electron chi connectivity index (χ1n) is 4.75. The third kappa shape index (κ3) is 2.38. The zero-order valence-electron chi connectivity index (χ0n) is 8.97. The molecule has 0 unspecified atom stereocenters. The van der Waals surface area contributed by atoms with Gasteiger partial charge in [-0.2, -0.15) is 11.3 Å². The monoisotopic (exact) mass is 255 g/mol. The van der Waals surface area contributed by atoms with Crippen molar-refractivity contribution in [3.63, 3.8) is 0 Å². The first-order valence-corrected chi connectivity index (χ1v) is 5.69. The van der Waals surface area contributed by atoms with E-state index in [1.807, 2.05) is 18.2 Å². The Balaban J connectivity index is 0.00000128. The highest BCUT2D eigenvalue weighted by molar-refractivity contribution is 7.08. The highest BCUT2D eigenvalue weighted by Crippen LogP contribution is 2.34. The zero-order valence-corrected chi connectivity index (χ0v) is 10.6. The summed E-state index contributed by atoms with van der Waals surface area (Å²) in [5.74, 6) is 0.886. The predicted molar refractivity (Wildman–Crippen MR) is 71.4 cm³/mol. The van der Waals surface area contributed by atoms with Gasteiger partial charge in [-0.3, -0.25) is 0 Å². The Hall–Kier alpha value is -1.03. The second-order valence-electron chi connectivity index (χ2n) is 3.21. The summed E-state index contributed by atoms with van der Waals surface area (Å²) in [4.78, 5) is 0. The fourth-order valence-corrected chi connectivity index (χ4v) is 2.30. The van der Waals surface area contributed by atoms with E-state index in [1.54, 1.807) is 18.4 Å². The highest BCUT2D eigenvalue weighted by Gasteiger charge is 2.10. The molecule has 0 aliphatic carbocycles. The molecule has 1 aromatic carbocycles. The second kappa shape index (κ2) is 5.89. The average Bonchev–Trinajstić information content (AvgIpc) is 2.81. The summed E-state index contributed by atoms with van der Waals surface area (Å²) in [5.41, 5.74) is 9.14.